The second-order valence-corrected chi connectivity index (χ2v) is 6.94. The van der Waals surface area contributed by atoms with Gasteiger partial charge in [0.15, 0.2) is 5.96 Å². The fraction of sp³-hybridized carbons (Fsp3) is 0.429. The summed E-state index contributed by atoms with van der Waals surface area (Å²) in [5, 5.41) is 6.84. The van der Waals surface area contributed by atoms with Gasteiger partial charge in [-0.3, -0.25) is 9.89 Å². The van der Waals surface area contributed by atoms with E-state index in [1.54, 1.807) is 13.3 Å². The molecule has 2 aromatic rings. The third-order valence-corrected chi connectivity index (χ3v) is 4.83. The number of rotatable bonds is 6. The molecule has 1 saturated heterocycles. The van der Waals surface area contributed by atoms with Crippen molar-refractivity contribution in [3.05, 3.63) is 54.4 Å². The number of piperidine rings is 1. The minimum atomic E-state index is 0. The van der Waals surface area contributed by atoms with Crippen LogP contribution in [0.3, 0.4) is 0 Å². The number of guanidine groups is 1. The number of nitrogens with zero attached hydrogens (tertiary/aromatic N) is 3. The number of nitrogens with one attached hydrogen (secondary N) is 2. The van der Waals surface area contributed by atoms with Gasteiger partial charge in [0.1, 0.15) is 6.26 Å². The van der Waals surface area contributed by atoms with Crippen molar-refractivity contribution in [1.29, 1.82) is 0 Å². The molecule has 6 nitrogen and oxygen atoms in total. The lowest BCUT2D eigenvalue weighted by Gasteiger charge is -2.32. The van der Waals surface area contributed by atoms with Crippen LogP contribution in [0.1, 0.15) is 24.1 Å². The van der Waals surface area contributed by atoms with E-state index in [0.29, 0.717) is 18.5 Å². The lowest BCUT2D eigenvalue weighted by atomic mass is 10.1. The molecule has 1 aliphatic heterocycles. The van der Waals surface area contributed by atoms with E-state index < -0.39 is 0 Å². The molecule has 0 bridgehead atoms. The topological polar surface area (TPSA) is 65.7 Å². The third kappa shape index (κ3) is 6.34. The van der Waals surface area contributed by atoms with Gasteiger partial charge < -0.3 is 15.1 Å². The highest BCUT2D eigenvalue weighted by molar-refractivity contribution is 14.0. The van der Waals surface area contributed by atoms with Crippen molar-refractivity contribution in [2.45, 2.75) is 32.4 Å². The standard InChI is InChI=1S/C21H29N5O.HI/c1-4-11-26-12-9-18(10-13-26)25-21(22-3)23-14-19-15-27-20(24-19)17-7-5-16(2)6-8-17;/h4-8,15,18H,1,9-14H2,2-3H3,(H2,22,23,25);1H. The van der Waals surface area contributed by atoms with Gasteiger partial charge in [-0.25, -0.2) is 4.98 Å². The molecule has 3 rings (SSSR count). The van der Waals surface area contributed by atoms with Crippen molar-refractivity contribution in [2.75, 3.05) is 26.7 Å². The number of aryl methyl sites for hydroxylation is 1. The minimum Gasteiger partial charge on any atom is -0.444 e. The Hall–Kier alpha value is -1.87. The van der Waals surface area contributed by atoms with Crippen LogP contribution in [0.25, 0.3) is 11.5 Å². The highest BCUT2D eigenvalue weighted by atomic mass is 127. The molecule has 0 atom stereocenters. The second-order valence-electron chi connectivity index (χ2n) is 6.94. The second kappa shape index (κ2) is 11.2. The molecule has 0 aliphatic carbocycles. The monoisotopic (exact) mass is 495 g/mol. The van der Waals surface area contributed by atoms with Gasteiger partial charge in [-0.1, -0.05) is 23.8 Å². The Morgan fingerprint density at radius 1 is 1.32 bits per heavy atom. The van der Waals surface area contributed by atoms with Crippen molar-refractivity contribution in [2.24, 2.45) is 4.99 Å². The summed E-state index contributed by atoms with van der Waals surface area (Å²) in [6, 6.07) is 8.61. The molecule has 1 aromatic heterocycles. The summed E-state index contributed by atoms with van der Waals surface area (Å²) in [4.78, 5) is 11.3. The Morgan fingerprint density at radius 3 is 2.68 bits per heavy atom. The van der Waals surface area contributed by atoms with Gasteiger partial charge in [-0.05, 0) is 31.9 Å². The Bertz CT molecular complexity index is 763. The number of aromatic nitrogens is 1. The first-order valence-corrected chi connectivity index (χ1v) is 9.50. The fourth-order valence-corrected chi connectivity index (χ4v) is 3.22. The van der Waals surface area contributed by atoms with Gasteiger partial charge in [0, 0.05) is 38.3 Å². The Labute approximate surface area is 184 Å². The zero-order valence-electron chi connectivity index (χ0n) is 16.6. The molecule has 0 unspecified atom stereocenters. The maximum absolute atomic E-state index is 5.62. The smallest absolute Gasteiger partial charge is 0.226 e. The van der Waals surface area contributed by atoms with Crippen LogP contribution >= 0.6 is 24.0 Å². The lowest BCUT2D eigenvalue weighted by molar-refractivity contribution is 0.225. The third-order valence-electron chi connectivity index (χ3n) is 4.83. The molecule has 1 fully saturated rings. The molecular weight excluding hydrogens is 465 g/mol. The van der Waals surface area contributed by atoms with Gasteiger partial charge >= 0.3 is 0 Å². The van der Waals surface area contributed by atoms with Gasteiger partial charge in [0.05, 0.1) is 12.2 Å². The first-order chi connectivity index (χ1) is 13.2. The molecular formula is C21H30IN5O. The molecule has 0 saturated carbocycles. The molecule has 2 N–H and O–H groups in total. The van der Waals surface area contributed by atoms with Crippen LogP contribution < -0.4 is 10.6 Å². The predicted octanol–water partition coefficient (Wildman–Crippen LogP) is 3.58. The van der Waals surface area contributed by atoms with E-state index in [9.17, 15) is 0 Å². The molecule has 0 spiro atoms. The van der Waals surface area contributed by atoms with Gasteiger partial charge in [-0.2, -0.15) is 0 Å². The maximum Gasteiger partial charge on any atom is 0.226 e. The fourth-order valence-electron chi connectivity index (χ4n) is 3.22. The number of hydrogen-bond donors (Lipinski definition) is 2. The van der Waals surface area contributed by atoms with Crippen molar-refractivity contribution in [1.82, 2.24) is 20.5 Å². The van der Waals surface area contributed by atoms with E-state index >= 15 is 0 Å². The summed E-state index contributed by atoms with van der Waals surface area (Å²) in [5.41, 5.74) is 3.06. The largest absolute Gasteiger partial charge is 0.444 e. The van der Waals surface area contributed by atoms with Crippen molar-refractivity contribution in [3.8, 4) is 11.5 Å². The van der Waals surface area contributed by atoms with Gasteiger partial charge in [-0.15, -0.1) is 30.6 Å². The Kier molecular flexibility index (Phi) is 8.98. The van der Waals surface area contributed by atoms with E-state index in [-0.39, 0.29) is 24.0 Å². The lowest BCUT2D eigenvalue weighted by Crippen LogP contribution is -2.48. The number of aliphatic imine (C=N–C) groups is 1. The Morgan fingerprint density at radius 2 is 2.04 bits per heavy atom. The first kappa shape index (κ1) is 22.4. The van der Waals surface area contributed by atoms with Crippen molar-refractivity contribution in [3.63, 3.8) is 0 Å². The summed E-state index contributed by atoms with van der Waals surface area (Å²) in [7, 11) is 1.79. The van der Waals surface area contributed by atoms with E-state index in [1.807, 2.05) is 18.2 Å². The molecule has 0 radical (unpaired) electrons. The normalized spacial score (nSPS) is 15.7. The maximum atomic E-state index is 5.62. The molecule has 1 aromatic carbocycles. The molecule has 2 heterocycles. The molecule has 7 heteroatoms. The van der Waals surface area contributed by atoms with Gasteiger partial charge in [0.25, 0.3) is 0 Å². The molecule has 28 heavy (non-hydrogen) atoms. The van der Waals surface area contributed by atoms with Crippen LogP contribution in [-0.4, -0.2) is 48.6 Å². The summed E-state index contributed by atoms with van der Waals surface area (Å²) >= 11 is 0. The number of halogens is 1. The molecule has 152 valence electrons. The first-order valence-electron chi connectivity index (χ1n) is 9.50. The summed E-state index contributed by atoms with van der Waals surface area (Å²) in [6.07, 6.45) is 5.88. The van der Waals surface area contributed by atoms with Crippen LogP contribution in [0.4, 0.5) is 0 Å². The molecule has 0 amide bonds. The Balaban J connectivity index is 0.00000280. The summed E-state index contributed by atoms with van der Waals surface area (Å²) in [5.74, 6) is 1.45. The van der Waals surface area contributed by atoms with Crippen LogP contribution in [0.2, 0.25) is 0 Å². The van der Waals surface area contributed by atoms with Crippen LogP contribution in [0.5, 0.6) is 0 Å². The zero-order chi connectivity index (χ0) is 19.1. The SMILES string of the molecule is C=CCN1CCC(NC(=NC)NCc2coc(-c3ccc(C)cc3)n2)CC1.I. The average molecular weight is 495 g/mol. The van der Waals surface area contributed by atoms with Gasteiger partial charge in [0.2, 0.25) is 5.89 Å². The predicted molar refractivity (Wildman–Crippen MR) is 125 cm³/mol. The van der Waals surface area contributed by atoms with Crippen molar-refractivity contribution < 1.29 is 4.42 Å². The quantitative estimate of drug-likeness (QED) is 0.278. The van der Waals surface area contributed by atoms with Crippen molar-refractivity contribution >= 4 is 29.9 Å². The van der Waals surface area contributed by atoms with E-state index in [1.165, 1.54) is 5.56 Å². The zero-order valence-corrected chi connectivity index (χ0v) is 19.0. The van der Waals surface area contributed by atoms with Crippen LogP contribution in [-0.2, 0) is 6.54 Å². The highest BCUT2D eigenvalue weighted by Gasteiger charge is 2.19. The van der Waals surface area contributed by atoms with Crippen LogP contribution in [0.15, 0.2) is 52.6 Å². The van der Waals surface area contributed by atoms with E-state index in [0.717, 1.165) is 49.7 Å². The summed E-state index contributed by atoms with van der Waals surface area (Å²) in [6.45, 7) is 9.60. The number of benzene rings is 1. The average Bonchev–Trinajstić information content (AvgIpc) is 3.16. The number of oxazole rings is 1. The van der Waals surface area contributed by atoms with E-state index in [4.69, 9.17) is 4.42 Å². The highest BCUT2D eigenvalue weighted by Crippen LogP contribution is 2.19. The number of hydrogen-bond acceptors (Lipinski definition) is 4. The minimum absolute atomic E-state index is 0. The van der Waals surface area contributed by atoms with E-state index in [2.05, 4.69) is 51.1 Å². The summed E-state index contributed by atoms with van der Waals surface area (Å²) < 4.78 is 5.62. The number of likely N-dealkylation sites (tertiary alicyclic amines) is 1. The van der Waals surface area contributed by atoms with Crippen LogP contribution in [0, 0.1) is 6.92 Å². The molecule has 1 aliphatic rings.